The molecule has 0 aliphatic heterocycles. The Morgan fingerprint density at radius 2 is 2.37 bits per heavy atom. The maximum atomic E-state index is 11.0. The molecule has 0 radical (unpaired) electrons. The van der Waals surface area contributed by atoms with Gasteiger partial charge in [0.2, 0.25) is 11.7 Å². The molecule has 6 nitrogen and oxygen atoms in total. The van der Waals surface area contributed by atoms with Crippen molar-refractivity contribution >= 4 is 17.3 Å². The van der Waals surface area contributed by atoms with Crippen LogP contribution in [0, 0.1) is 5.92 Å². The molecule has 19 heavy (non-hydrogen) atoms. The summed E-state index contributed by atoms with van der Waals surface area (Å²) >= 11 is 1.55. The quantitative estimate of drug-likeness (QED) is 0.842. The van der Waals surface area contributed by atoms with Crippen LogP contribution in [-0.2, 0) is 11.3 Å². The predicted octanol–water partition coefficient (Wildman–Crippen LogP) is 2.00. The van der Waals surface area contributed by atoms with E-state index >= 15 is 0 Å². The Hall–Kier alpha value is -1.73. The Morgan fingerprint density at radius 1 is 1.58 bits per heavy atom. The van der Waals surface area contributed by atoms with Crippen LogP contribution in [0.15, 0.2) is 21.3 Å². The Bertz CT molecular complexity index is 536. The van der Waals surface area contributed by atoms with Crippen molar-refractivity contribution < 1.29 is 14.4 Å². The van der Waals surface area contributed by atoms with Crippen LogP contribution in [0.4, 0.5) is 0 Å². The summed E-state index contributed by atoms with van der Waals surface area (Å²) in [5.74, 6) is 0.00640. The molecule has 0 saturated heterocycles. The van der Waals surface area contributed by atoms with Gasteiger partial charge in [-0.05, 0) is 17.4 Å². The Kier molecular flexibility index (Phi) is 4.28. The molecule has 0 aromatic carbocycles. The van der Waals surface area contributed by atoms with Gasteiger partial charge in [-0.1, -0.05) is 19.0 Å². The van der Waals surface area contributed by atoms with Crippen LogP contribution < -0.4 is 5.32 Å². The summed E-state index contributed by atoms with van der Waals surface area (Å²) < 4.78 is 5.09. The summed E-state index contributed by atoms with van der Waals surface area (Å²) in [6.07, 6.45) is 0. The van der Waals surface area contributed by atoms with Crippen LogP contribution in [0.2, 0.25) is 0 Å². The molecule has 1 atom stereocenters. The first kappa shape index (κ1) is 13.7. The van der Waals surface area contributed by atoms with Gasteiger partial charge in [-0.25, -0.2) is 0 Å². The summed E-state index contributed by atoms with van der Waals surface area (Å²) in [5.41, 5.74) is 0.902. The first-order valence-electron chi connectivity index (χ1n) is 5.89. The van der Waals surface area contributed by atoms with Crippen LogP contribution >= 0.6 is 11.3 Å². The van der Waals surface area contributed by atoms with Gasteiger partial charge >= 0.3 is 5.97 Å². The fourth-order valence-electron chi connectivity index (χ4n) is 1.64. The van der Waals surface area contributed by atoms with Crippen molar-refractivity contribution in [3.8, 4) is 11.4 Å². The highest BCUT2D eigenvalue weighted by Gasteiger charge is 2.21. The lowest BCUT2D eigenvalue weighted by Gasteiger charge is -2.16. The minimum Gasteiger partial charge on any atom is -0.480 e. The minimum atomic E-state index is -0.882. The highest BCUT2D eigenvalue weighted by molar-refractivity contribution is 7.08. The molecule has 0 aliphatic rings. The van der Waals surface area contributed by atoms with E-state index in [9.17, 15) is 4.79 Å². The van der Waals surface area contributed by atoms with E-state index in [1.165, 1.54) is 0 Å². The fourth-order valence-corrected chi connectivity index (χ4v) is 2.28. The maximum Gasteiger partial charge on any atom is 0.320 e. The summed E-state index contributed by atoms with van der Waals surface area (Å²) in [4.78, 5) is 15.2. The number of aliphatic carboxylic acids is 1. The van der Waals surface area contributed by atoms with E-state index in [0.717, 1.165) is 5.56 Å². The molecule has 0 bridgehead atoms. The molecule has 0 amide bonds. The lowest BCUT2D eigenvalue weighted by atomic mass is 10.1. The number of nitrogens with zero attached hydrogens (tertiary/aromatic N) is 2. The zero-order valence-electron chi connectivity index (χ0n) is 10.7. The molecule has 2 aromatic heterocycles. The van der Waals surface area contributed by atoms with Gasteiger partial charge in [-0.2, -0.15) is 16.3 Å². The molecular formula is C12H15N3O3S. The summed E-state index contributed by atoms with van der Waals surface area (Å²) in [6.45, 7) is 3.93. The van der Waals surface area contributed by atoms with E-state index in [1.807, 2.05) is 30.7 Å². The normalized spacial score (nSPS) is 12.8. The molecule has 0 saturated carbocycles. The van der Waals surface area contributed by atoms with Crippen molar-refractivity contribution in [2.24, 2.45) is 5.92 Å². The Morgan fingerprint density at radius 3 is 2.95 bits per heavy atom. The smallest absolute Gasteiger partial charge is 0.320 e. The standard InChI is InChI=1S/C12H15N3O3S/c1-7(2)10(12(16)17)13-5-9-14-11(15-18-9)8-3-4-19-6-8/h3-4,6-7,10,13H,5H2,1-2H3,(H,16,17). The Balaban J connectivity index is 1.99. The third kappa shape index (κ3) is 3.39. The monoisotopic (exact) mass is 281 g/mol. The van der Waals surface area contributed by atoms with E-state index in [2.05, 4.69) is 15.5 Å². The molecule has 0 fully saturated rings. The van der Waals surface area contributed by atoms with Crippen molar-refractivity contribution in [2.45, 2.75) is 26.4 Å². The average molecular weight is 281 g/mol. The van der Waals surface area contributed by atoms with Crippen molar-refractivity contribution in [2.75, 3.05) is 0 Å². The molecule has 0 aliphatic carbocycles. The van der Waals surface area contributed by atoms with Crippen LogP contribution in [-0.4, -0.2) is 27.3 Å². The van der Waals surface area contributed by atoms with E-state index in [0.29, 0.717) is 11.7 Å². The van der Waals surface area contributed by atoms with Crippen LogP contribution in [0.3, 0.4) is 0 Å². The highest BCUT2D eigenvalue weighted by Crippen LogP contribution is 2.18. The highest BCUT2D eigenvalue weighted by atomic mass is 32.1. The summed E-state index contributed by atoms with van der Waals surface area (Å²) in [5, 5.41) is 19.7. The van der Waals surface area contributed by atoms with Crippen molar-refractivity contribution in [1.82, 2.24) is 15.5 Å². The number of carboxylic acid groups (broad SMARTS) is 1. The largest absolute Gasteiger partial charge is 0.480 e. The number of carboxylic acids is 1. The number of aromatic nitrogens is 2. The second kappa shape index (κ2) is 5.94. The molecule has 2 heterocycles. The van der Waals surface area contributed by atoms with E-state index in [4.69, 9.17) is 9.63 Å². The zero-order valence-corrected chi connectivity index (χ0v) is 11.5. The zero-order chi connectivity index (χ0) is 13.8. The lowest BCUT2D eigenvalue weighted by Crippen LogP contribution is -2.40. The second-order valence-corrected chi connectivity index (χ2v) is 5.24. The van der Waals surface area contributed by atoms with Gasteiger partial charge in [0.1, 0.15) is 6.04 Å². The second-order valence-electron chi connectivity index (χ2n) is 4.46. The van der Waals surface area contributed by atoms with Crippen LogP contribution in [0.5, 0.6) is 0 Å². The SMILES string of the molecule is CC(C)C(NCc1nc(-c2ccsc2)no1)C(=O)O. The predicted molar refractivity (Wildman–Crippen MR) is 70.7 cm³/mol. The number of rotatable bonds is 6. The number of nitrogens with one attached hydrogen (secondary N) is 1. The molecular weight excluding hydrogens is 266 g/mol. The van der Waals surface area contributed by atoms with Gasteiger partial charge in [-0.3, -0.25) is 10.1 Å². The first-order chi connectivity index (χ1) is 9.08. The minimum absolute atomic E-state index is 0.0169. The van der Waals surface area contributed by atoms with Crippen molar-refractivity contribution in [3.05, 3.63) is 22.7 Å². The molecule has 102 valence electrons. The Labute approximate surface area is 114 Å². The molecule has 7 heteroatoms. The van der Waals surface area contributed by atoms with Crippen molar-refractivity contribution in [1.29, 1.82) is 0 Å². The van der Waals surface area contributed by atoms with E-state index in [1.54, 1.807) is 11.3 Å². The van der Waals surface area contributed by atoms with Crippen LogP contribution in [0.1, 0.15) is 19.7 Å². The van der Waals surface area contributed by atoms with Gasteiger partial charge in [0.15, 0.2) is 0 Å². The number of thiophene rings is 1. The number of hydrogen-bond donors (Lipinski definition) is 2. The molecule has 2 aromatic rings. The first-order valence-corrected chi connectivity index (χ1v) is 6.83. The molecule has 0 spiro atoms. The third-order valence-electron chi connectivity index (χ3n) is 2.65. The van der Waals surface area contributed by atoms with Crippen LogP contribution in [0.25, 0.3) is 11.4 Å². The molecule has 1 unspecified atom stereocenters. The van der Waals surface area contributed by atoms with Gasteiger partial charge in [0.25, 0.3) is 0 Å². The summed E-state index contributed by atoms with van der Waals surface area (Å²) in [7, 11) is 0. The topological polar surface area (TPSA) is 88.3 Å². The lowest BCUT2D eigenvalue weighted by molar-refractivity contribution is -0.140. The van der Waals surface area contributed by atoms with Gasteiger partial charge in [-0.15, -0.1) is 0 Å². The number of hydrogen-bond acceptors (Lipinski definition) is 6. The maximum absolute atomic E-state index is 11.0. The van der Waals surface area contributed by atoms with E-state index < -0.39 is 12.0 Å². The molecule has 2 N–H and O–H groups in total. The summed E-state index contributed by atoms with van der Waals surface area (Å²) in [6, 6.07) is 1.28. The van der Waals surface area contributed by atoms with Crippen molar-refractivity contribution in [3.63, 3.8) is 0 Å². The van der Waals surface area contributed by atoms with Gasteiger partial charge in [0, 0.05) is 10.9 Å². The molecule has 2 rings (SSSR count). The average Bonchev–Trinajstić information content (AvgIpc) is 2.98. The number of carbonyl (C=O) groups is 1. The third-order valence-corrected chi connectivity index (χ3v) is 3.34. The van der Waals surface area contributed by atoms with Gasteiger partial charge < -0.3 is 9.63 Å². The fraction of sp³-hybridized carbons (Fsp3) is 0.417. The van der Waals surface area contributed by atoms with Gasteiger partial charge in [0.05, 0.1) is 6.54 Å². The van der Waals surface area contributed by atoms with E-state index in [-0.39, 0.29) is 12.5 Å².